The van der Waals surface area contributed by atoms with Crippen molar-refractivity contribution in [3.8, 4) is 11.4 Å². The van der Waals surface area contributed by atoms with Gasteiger partial charge in [0.05, 0.1) is 24.9 Å². The van der Waals surface area contributed by atoms with E-state index in [1.54, 1.807) is 0 Å². The fourth-order valence-corrected chi connectivity index (χ4v) is 3.36. The van der Waals surface area contributed by atoms with Gasteiger partial charge in [-0.1, -0.05) is 30.3 Å². The number of nitrogens with zero attached hydrogens (tertiary/aromatic N) is 2. The lowest BCUT2D eigenvalue weighted by molar-refractivity contribution is 0.0156. The van der Waals surface area contributed by atoms with E-state index in [9.17, 15) is 0 Å². The molecule has 2 heterocycles. The maximum absolute atomic E-state index is 5.47. The second-order valence-corrected chi connectivity index (χ2v) is 6.13. The first-order chi connectivity index (χ1) is 10.8. The third-order valence-corrected chi connectivity index (χ3v) is 4.55. The van der Waals surface area contributed by atoms with Gasteiger partial charge in [-0.05, 0) is 23.0 Å². The summed E-state index contributed by atoms with van der Waals surface area (Å²) in [5.74, 6) is 0.900. The molecule has 2 N–H and O–H groups in total. The number of halogens is 1. The summed E-state index contributed by atoms with van der Waals surface area (Å²) in [6.07, 6.45) is 0. The third kappa shape index (κ3) is 3.41. The van der Waals surface area contributed by atoms with Gasteiger partial charge in [0.2, 0.25) is 0 Å². The quantitative estimate of drug-likeness (QED) is 0.855. The highest BCUT2D eigenvalue weighted by molar-refractivity contribution is 9.10. The van der Waals surface area contributed by atoms with Gasteiger partial charge < -0.3 is 15.0 Å². The zero-order valence-corrected chi connectivity index (χ0v) is 14.3. The number of ether oxygens (including phenoxy) is 1. The van der Waals surface area contributed by atoms with Crippen LogP contribution in [0.4, 0.5) is 0 Å². The van der Waals surface area contributed by atoms with Gasteiger partial charge in [0.25, 0.3) is 0 Å². The Hall–Kier alpha value is -1.21. The minimum atomic E-state index is 0.258. The maximum Gasteiger partial charge on any atom is 0.138 e. The van der Waals surface area contributed by atoms with Crippen LogP contribution in [0, 0.1) is 0 Å². The first kappa shape index (κ1) is 15.7. The molecule has 0 spiro atoms. The van der Waals surface area contributed by atoms with Crippen molar-refractivity contribution in [2.75, 3.05) is 39.9 Å². The molecule has 1 aromatic heterocycles. The summed E-state index contributed by atoms with van der Waals surface area (Å²) in [7, 11) is 1.98. The first-order valence-corrected chi connectivity index (χ1v) is 8.36. The molecule has 1 saturated heterocycles. The van der Waals surface area contributed by atoms with E-state index in [0.717, 1.165) is 54.5 Å². The fraction of sp³-hybridized carbons (Fsp3) is 0.438. The summed E-state index contributed by atoms with van der Waals surface area (Å²) in [5, 5.41) is 3.29. The van der Waals surface area contributed by atoms with Gasteiger partial charge in [-0.2, -0.15) is 0 Å². The van der Waals surface area contributed by atoms with Crippen molar-refractivity contribution >= 4 is 15.9 Å². The standard InChI is InChI=1S/C16H21BrN4O/c1-18-11-13(21-7-9-22-10-8-21)14-15(17)20-16(19-14)12-5-3-2-4-6-12/h2-6,13,18H,7-11H2,1H3,(H,19,20). The molecule has 1 atom stereocenters. The summed E-state index contributed by atoms with van der Waals surface area (Å²) in [5.41, 5.74) is 2.22. The average molecular weight is 365 g/mol. The predicted octanol–water partition coefficient (Wildman–Crippen LogP) is 2.43. The van der Waals surface area contributed by atoms with Crippen molar-refractivity contribution in [1.82, 2.24) is 20.2 Å². The summed E-state index contributed by atoms with van der Waals surface area (Å²) in [4.78, 5) is 10.6. The Balaban J connectivity index is 1.89. The van der Waals surface area contributed by atoms with Crippen molar-refractivity contribution < 1.29 is 4.74 Å². The number of likely N-dealkylation sites (N-methyl/N-ethyl adjacent to an activating group) is 1. The highest BCUT2D eigenvalue weighted by Crippen LogP contribution is 2.29. The number of benzene rings is 1. The molecule has 1 unspecified atom stereocenters. The fourth-order valence-electron chi connectivity index (χ4n) is 2.82. The van der Waals surface area contributed by atoms with E-state index >= 15 is 0 Å². The molecule has 5 nitrogen and oxygen atoms in total. The number of hydrogen-bond donors (Lipinski definition) is 2. The van der Waals surface area contributed by atoms with Crippen LogP contribution in [0.1, 0.15) is 11.7 Å². The Morgan fingerprint density at radius 3 is 2.73 bits per heavy atom. The Kier molecular flexibility index (Phi) is 5.25. The Morgan fingerprint density at radius 2 is 2.05 bits per heavy atom. The van der Waals surface area contributed by atoms with E-state index in [2.05, 4.69) is 48.2 Å². The van der Waals surface area contributed by atoms with Crippen LogP contribution in [-0.4, -0.2) is 54.8 Å². The van der Waals surface area contributed by atoms with Gasteiger partial charge in [-0.25, -0.2) is 4.98 Å². The number of aromatic amines is 1. The van der Waals surface area contributed by atoms with Gasteiger partial charge in [0.15, 0.2) is 0 Å². The van der Waals surface area contributed by atoms with Crippen LogP contribution in [0.2, 0.25) is 0 Å². The molecule has 118 valence electrons. The monoisotopic (exact) mass is 364 g/mol. The third-order valence-electron chi connectivity index (χ3n) is 3.95. The molecule has 1 aliphatic heterocycles. The molecule has 0 amide bonds. The van der Waals surface area contributed by atoms with E-state index in [-0.39, 0.29) is 6.04 Å². The first-order valence-electron chi connectivity index (χ1n) is 7.57. The number of rotatable bonds is 5. The molecular formula is C16H21BrN4O. The second kappa shape index (κ2) is 7.37. The van der Waals surface area contributed by atoms with Gasteiger partial charge >= 0.3 is 0 Å². The van der Waals surface area contributed by atoms with Crippen molar-refractivity contribution in [3.63, 3.8) is 0 Å². The largest absolute Gasteiger partial charge is 0.379 e. The average Bonchev–Trinajstić information content (AvgIpc) is 2.96. The number of H-pyrrole nitrogens is 1. The van der Waals surface area contributed by atoms with Crippen LogP contribution in [-0.2, 0) is 4.74 Å². The number of imidazole rings is 1. The molecule has 0 aliphatic carbocycles. The summed E-state index contributed by atoms with van der Waals surface area (Å²) >= 11 is 3.62. The van der Waals surface area contributed by atoms with Gasteiger partial charge in [0, 0.05) is 25.2 Å². The van der Waals surface area contributed by atoms with Gasteiger partial charge in [-0.15, -0.1) is 0 Å². The molecular weight excluding hydrogens is 344 g/mol. The smallest absolute Gasteiger partial charge is 0.138 e. The Labute approximate surface area is 139 Å². The number of morpholine rings is 1. The maximum atomic E-state index is 5.47. The zero-order valence-electron chi connectivity index (χ0n) is 12.7. The molecule has 0 bridgehead atoms. The molecule has 1 fully saturated rings. The van der Waals surface area contributed by atoms with Crippen LogP contribution < -0.4 is 5.32 Å². The van der Waals surface area contributed by atoms with E-state index in [4.69, 9.17) is 4.74 Å². The lowest BCUT2D eigenvalue weighted by atomic mass is 10.1. The molecule has 6 heteroatoms. The van der Waals surface area contributed by atoms with Gasteiger partial charge in [0.1, 0.15) is 10.4 Å². The Morgan fingerprint density at radius 1 is 1.32 bits per heavy atom. The van der Waals surface area contributed by atoms with E-state index in [1.807, 2.05) is 25.2 Å². The molecule has 0 radical (unpaired) electrons. The lowest BCUT2D eigenvalue weighted by Crippen LogP contribution is -2.42. The van der Waals surface area contributed by atoms with Crippen LogP contribution in [0.15, 0.2) is 34.9 Å². The summed E-state index contributed by atoms with van der Waals surface area (Å²) in [6, 6.07) is 10.5. The topological polar surface area (TPSA) is 53.2 Å². The summed E-state index contributed by atoms with van der Waals surface area (Å²) in [6.45, 7) is 4.33. The molecule has 3 rings (SSSR count). The number of nitrogens with one attached hydrogen (secondary N) is 2. The minimum Gasteiger partial charge on any atom is -0.379 e. The zero-order chi connectivity index (χ0) is 15.4. The molecule has 1 aromatic carbocycles. The summed E-state index contributed by atoms with van der Waals surface area (Å²) < 4.78 is 6.36. The second-order valence-electron chi connectivity index (χ2n) is 5.38. The normalized spacial score (nSPS) is 17.5. The van der Waals surface area contributed by atoms with Crippen molar-refractivity contribution in [1.29, 1.82) is 0 Å². The molecule has 0 saturated carbocycles. The number of hydrogen-bond acceptors (Lipinski definition) is 4. The van der Waals surface area contributed by atoms with Crippen molar-refractivity contribution in [2.45, 2.75) is 6.04 Å². The Bertz CT molecular complexity index is 595. The molecule has 22 heavy (non-hydrogen) atoms. The van der Waals surface area contributed by atoms with E-state index in [1.165, 1.54) is 0 Å². The minimum absolute atomic E-state index is 0.258. The van der Waals surface area contributed by atoms with E-state index < -0.39 is 0 Å². The van der Waals surface area contributed by atoms with Gasteiger partial charge in [-0.3, -0.25) is 4.90 Å². The molecule has 2 aromatic rings. The van der Waals surface area contributed by atoms with Crippen LogP contribution in [0.3, 0.4) is 0 Å². The SMILES string of the molecule is CNCC(c1[nH]c(-c2ccccc2)nc1Br)N1CCOCC1. The lowest BCUT2D eigenvalue weighted by Gasteiger charge is -2.34. The van der Waals surface area contributed by atoms with Crippen molar-refractivity contribution in [2.24, 2.45) is 0 Å². The van der Waals surface area contributed by atoms with Crippen LogP contribution in [0.5, 0.6) is 0 Å². The van der Waals surface area contributed by atoms with Crippen LogP contribution in [0.25, 0.3) is 11.4 Å². The van der Waals surface area contributed by atoms with E-state index in [0.29, 0.717) is 0 Å². The van der Waals surface area contributed by atoms with Crippen LogP contribution >= 0.6 is 15.9 Å². The highest BCUT2D eigenvalue weighted by Gasteiger charge is 2.26. The number of aromatic nitrogens is 2. The predicted molar refractivity (Wildman–Crippen MR) is 90.8 cm³/mol. The highest BCUT2D eigenvalue weighted by atomic mass is 79.9. The van der Waals surface area contributed by atoms with Crippen molar-refractivity contribution in [3.05, 3.63) is 40.6 Å². The molecule has 1 aliphatic rings.